The molecule has 0 bridgehead atoms. The molecule has 0 aliphatic rings. The molecule has 4 heteroatoms. The van der Waals surface area contributed by atoms with Crippen LogP contribution in [0.2, 0.25) is 0 Å². The van der Waals surface area contributed by atoms with Gasteiger partial charge in [0.25, 0.3) is 0 Å². The van der Waals surface area contributed by atoms with Crippen LogP contribution in [0.15, 0.2) is 18.2 Å². The van der Waals surface area contributed by atoms with Crippen LogP contribution in [0.3, 0.4) is 0 Å². The lowest BCUT2D eigenvalue weighted by atomic mass is 9.94. The van der Waals surface area contributed by atoms with E-state index in [0.717, 1.165) is 0 Å². The molecule has 0 aliphatic carbocycles. The lowest BCUT2D eigenvalue weighted by Gasteiger charge is -2.19. The highest BCUT2D eigenvalue weighted by atomic mass is 19.1. The van der Waals surface area contributed by atoms with Gasteiger partial charge in [-0.25, -0.2) is 4.39 Å². The highest BCUT2D eigenvalue weighted by Crippen LogP contribution is 2.20. The summed E-state index contributed by atoms with van der Waals surface area (Å²) in [7, 11) is 0. The average molecular weight is 250 g/mol. The third-order valence-corrected chi connectivity index (χ3v) is 3.03. The molecule has 1 aromatic rings. The zero-order chi connectivity index (χ0) is 13.6. The molecule has 0 aromatic heterocycles. The fraction of sp³-hybridized carbons (Fsp3) is 0.500. The van der Waals surface area contributed by atoms with Crippen molar-refractivity contribution in [2.75, 3.05) is 6.61 Å². The highest BCUT2D eigenvalue weighted by Gasteiger charge is 2.21. The molecule has 0 fully saturated rings. The first kappa shape index (κ1) is 14.5. The summed E-state index contributed by atoms with van der Waals surface area (Å²) in [6.07, 6.45) is 1.78. The minimum Gasteiger partial charge on any atom is -0.491 e. The molecule has 2 N–H and O–H groups in total. The van der Waals surface area contributed by atoms with Crippen LogP contribution in [0.25, 0.3) is 0 Å². The van der Waals surface area contributed by atoms with Crippen molar-refractivity contribution >= 4 is 0 Å². The summed E-state index contributed by atoms with van der Waals surface area (Å²) < 4.78 is 19.0. The van der Waals surface area contributed by atoms with Crippen LogP contribution in [-0.4, -0.2) is 12.1 Å². The van der Waals surface area contributed by atoms with E-state index in [1.54, 1.807) is 25.1 Å². The van der Waals surface area contributed by atoms with Gasteiger partial charge in [0.1, 0.15) is 5.54 Å². The largest absolute Gasteiger partial charge is 0.491 e. The lowest BCUT2D eigenvalue weighted by molar-refractivity contribution is 0.279. The zero-order valence-corrected chi connectivity index (χ0v) is 10.9. The Bertz CT molecular complexity index is 442. The molecule has 98 valence electrons. The van der Waals surface area contributed by atoms with Crippen molar-refractivity contribution in [1.29, 1.82) is 5.26 Å². The third-order valence-electron chi connectivity index (χ3n) is 3.03. The predicted octanol–water partition coefficient (Wildman–Crippen LogP) is 2.92. The molecule has 1 aromatic carbocycles. The Hall–Kier alpha value is -1.60. The summed E-state index contributed by atoms with van der Waals surface area (Å²) in [6.45, 7) is 3.94. The average Bonchev–Trinajstić information content (AvgIpc) is 2.39. The van der Waals surface area contributed by atoms with E-state index in [0.29, 0.717) is 31.4 Å². The summed E-state index contributed by atoms with van der Waals surface area (Å²) in [5.41, 5.74) is 5.60. The van der Waals surface area contributed by atoms with E-state index in [4.69, 9.17) is 15.7 Å². The number of rotatable bonds is 6. The number of benzene rings is 1. The fourth-order valence-electron chi connectivity index (χ4n) is 1.61. The van der Waals surface area contributed by atoms with E-state index in [1.807, 2.05) is 6.92 Å². The van der Waals surface area contributed by atoms with Gasteiger partial charge in [-0.15, -0.1) is 0 Å². The van der Waals surface area contributed by atoms with Crippen molar-refractivity contribution in [3.05, 3.63) is 29.6 Å². The van der Waals surface area contributed by atoms with Crippen LogP contribution < -0.4 is 10.5 Å². The van der Waals surface area contributed by atoms with Gasteiger partial charge in [-0.3, -0.25) is 0 Å². The molecule has 0 heterocycles. The SMILES string of the molecule is CCC(N)(C#N)CCCOc1cccc(C)c1F. The highest BCUT2D eigenvalue weighted by molar-refractivity contribution is 5.30. The second-order valence-corrected chi connectivity index (χ2v) is 4.46. The zero-order valence-electron chi connectivity index (χ0n) is 10.9. The summed E-state index contributed by atoms with van der Waals surface area (Å²) in [5, 5.41) is 8.91. The number of halogens is 1. The van der Waals surface area contributed by atoms with Gasteiger partial charge in [-0.2, -0.15) is 5.26 Å². The summed E-state index contributed by atoms with van der Waals surface area (Å²) in [6, 6.07) is 7.14. The van der Waals surface area contributed by atoms with Crippen LogP contribution in [0.1, 0.15) is 31.7 Å². The molecule has 0 radical (unpaired) electrons. The van der Waals surface area contributed by atoms with Gasteiger partial charge >= 0.3 is 0 Å². The molecule has 1 atom stereocenters. The third kappa shape index (κ3) is 3.71. The van der Waals surface area contributed by atoms with Crippen LogP contribution in [-0.2, 0) is 0 Å². The van der Waals surface area contributed by atoms with Gasteiger partial charge in [0.2, 0.25) is 0 Å². The standard InChI is InChI=1S/C14H19FN2O/c1-3-14(17,10-16)8-5-9-18-12-7-4-6-11(2)13(12)15/h4,6-7H,3,5,8-9,17H2,1-2H3. The monoisotopic (exact) mass is 250 g/mol. The summed E-state index contributed by atoms with van der Waals surface area (Å²) in [5.74, 6) is -0.0710. The minimum atomic E-state index is -0.797. The first-order chi connectivity index (χ1) is 8.52. The van der Waals surface area contributed by atoms with Gasteiger partial charge < -0.3 is 10.5 Å². The first-order valence-corrected chi connectivity index (χ1v) is 6.10. The smallest absolute Gasteiger partial charge is 0.167 e. The molecule has 18 heavy (non-hydrogen) atoms. The molecular weight excluding hydrogens is 231 g/mol. The van der Waals surface area contributed by atoms with E-state index in [9.17, 15) is 4.39 Å². The Labute approximate surface area is 107 Å². The summed E-state index contributed by atoms with van der Waals surface area (Å²) in [4.78, 5) is 0. The maximum Gasteiger partial charge on any atom is 0.167 e. The van der Waals surface area contributed by atoms with E-state index in [-0.39, 0.29) is 11.6 Å². The number of ether oxygens (including phenoxy) is 1. The van der Waals surface area contributed by atoms with Gasteiger partial charge in [-0.1, -0.05) is 19.1 Å². The van der Waals surface area contributed by atoms with Crippen LogP contribution in [0, 0.1) is 24.1 Å². The Kier molecular flexibility index (Phi) is 5.11. The number of hydrogen-bond donors (Lipinski definition) is 1. The minimum absolute atomic E-state index is 0.256. The number of nitrogens with zero attached hydrogens (tertiary/aromatic N) is 1. The van der Waals surface area contributed by atoms with Crippen LogP contribution in [0.5, 0.6) is 5.75 Å². The molecule has 0 spiro atoms. The Morgan fingerprint density at radius 1 is 1.50 bits per heavy atom. The Morgan fingerprint density at radius 3 is 2.83 bits per heavy atom. The fourth-order valence-corrected chi connectivity index (χ4v) is 1.61. The van der Waals surface area contributed by atoms with E-state index in [2.05, 4.69) is 6.07 Å². The molecule has 1 unspecified atom stereocenters. The van der Waals surface area contributed by atoms with E-state index >= 15 is 0 Å². The van der Waals surface area contributed by atoms with Crippen LogP contribution in [0.4, 0.5) is 4.39 Å². The van der Waals surface area contributed by atoms with Gasteiger partial charge in [0.15, 0.2) is 11.6 Å². The number of nitriles is 1. The predicted molar refractivity (Wildman–Crippen MR) is 68.7 cm³/mol. The van der Waals surface area contributed by atoms with E-state index < -0.39 is 5.54 Å². The summed E-state index contributed by atoms with van der Waals surface area (Å²) >= 11 is 0. The van der Waals surface area contributed by atoms with Crippen molar-refractivity contribution in [3.63, 3.8) is 0 Å². The molecule has 0 amide bonds. The quantitative estimate of drug-likeness (QED) is 0.790. The van der Waals surface area contributed by atoms with Crippen molar-refractivity contribution in [3.8, 4) is 11.8 Å². The number of nitrogens with two attached hydrogens (primary N) is 1. The van der Waals surface area contributed by atoms with Gasteiger partial charge in [0, 0.05) is 0 Å². The topological polar surface area (TPSA) is 59.0 Å². The van der Waals surface area contributed by atoms with Gasteiger partial charge in [0.05, 0.1) is 12.7 Å². The van der Waals surface area contributed by atoms with Crippen molar-refractivity contribution < 1.29 is 9.13 Å². The molecule has 0 saturated heterocycles. The molecule has 1 rings (SSSR count). The maximum absolute atomic E-state index is 13.6. The molecule has 0 saturated carbocycles. The first-order valence-electron chi connectivity index (χ1n) is 6.10. The second-order valence-electron chi connectivity index (χ2n) is 4.46. The normalized spacial score (nSPS) is 13.7. The number of hydrogen-bond acceptors (Lipinski definition) is 3. The number of aryl methyl sites for hydroxylation is 1. The maximum atomic E-state index is 13.6. The molecule has 0 aliphatic heterocycles. The van der Waals surface area contributed by atoms with Crippen molar-refractivity contribution in [2.24, 2.45) is 5.73 Å². The molecule has 3 nitrogen and oxygen atoms in total. The van der Waals surface area contributed by atoms with Crippen molar-refractivity contribution in [1.82, 2.24) is 0 Å². The van der Waals surface area contributed by atoms with Gasteiger partial charge in [-0.05, 0) is 37.8 Å². The second kappa shape index (κ2) is 6.36. The van der Waals surface area contributed by atoms with Crippen LogP contribution >= 0.6 is 0 Å². The molecular formula is C14H19FN2O. The van der Waals surface area contributed by atoms with E-state index in [1.165, 1.54) is 0 Å². The lowest BCUT2D eigenvalue weighted by Crippen LogP contribution is -2.37. The van der Waals surface area contributed by atoms with Crippen molar-refractivity contribution in [2.45, 2.75) is 38.6 Å². The Balaban J connectivity index is 2.44. The Morgan fingerprint density at radius 2 is 2.22 bits per heavy atom.